The monoisotopic (exact) mass is 325 g/mol. The third-order valence-corrected chi connectivity index (χ3v) is 3.95. The highest BCUT2D eigenvalue weighted by Crippen LogP contribution is 2.29. The molecule has 0 saturated carbocycles. The highest BCUT2D eigenvalue weighted by atomic mass is 16.5. The van der Waals surface area contributed by atoms with Gasteiger partial charge in [0.15, 0.2) is 6.10 Å². The lowest BCUT2D eigenvalue weighted by molar-refractivity contribution is -0.123. The first-order valence-corrected chi connectivity index (χ1v) is 7.79. The van der Waals surface area contributed by atoms with Crippen LogP contribution in [0.2, 0.25) is 0 Å². The number of hydrazine groups is 1. The van der Waals surface area contributed by atoms with Crippen LogP contribution in [0.25, 0.3) is 0 Å². The van der Waals surface area contributed by atoms with Crippen LogP contribution in [0.3, 0.4) is 0 Å². The van der Waals surface area contributed by atoms with E-state index in [2.05, 4.69) is 10.7 Å². The van der Waals surface area contributed by atoms with Gasteiger partial charge in [-0.2, -0.15) is 0 Å². The quantitative estimate of drug-likeness (QED) is 0.442. The summed E-state index contributed by atoms with van der Waals surface area (Å²) in [5.74, 6) is 5.43. The topological polar surface area (TPSA) is 93.4 Å². The molecule has 2 aromatic carbocycles. The maximum Gasteiger partial charge on any atom is 0.265 e. The summed E-state index contributed by atoms with van der Waals surface area (Å²) in [6.07, 6.45) is 1.05. The first kappa shape index (κ1) is 16.0. The Bertz CT molecular complexity index is 743. The van der Waals surface area contributed by atoms with E-state index in [1.807, 2.05) is 48.5 Å². The standard InChI is InChI=1S/C18H19N3O3/c19-21-17(22)11-13-7-5-12(6-8-13)9-10-16-18(23)20-14-3-1-2-4-15(14)24-16/h1-8,16H,9-11,19H2,(H,20,23)(H,21,22). The molecule has 3 rings (SSSR count). The van der Waals surface area contributed by atoms with Gasteiger partial charge in [-0.05, 0) is 36.1 Å². The van der Waals surface area contributed by atoms with Gasteiger partial charge in [0.05, 0.1) is 12.1 Å². The van der Waals surface area contributed by atoms with Gasteiger partial charge in [0.1, 0.15) is 5.75 Å². The molecule has 1 heterocycles. The van der Waals surface area contributed by atoms with Crippen LogP contribution < -0.4 is 21.3 Å². The average Bonchev–Trinajstić information content (AvgIpc) is 2.61. The van der Waals surface area contributed by atoms with Gasteiger partial charge in [-0.3, -0.25) is 15.0 Å². The number of fused-ring (bicyclic) bond motifs is 1. The number of carbonyl (C=O) groups is 2. The molecule has 124 valence electrons. The number of para-hydroxylation sites is 2. The van der Waals surface area contributed by atoms with Crippen molar-refractivity contribution in [2.45, 2.75) is 25.4 Å². The van der Waals surface area contributed by atoms with Gasteiger partial charge in [-0.25, -0.2) is 5.84 Å². The summed E-state index contributed by atoms with van der Waals surface area (Å²) in [5, 5.41) is 2.86. The molecular weight excluding hydrogens is 306 g/mol. The van der Waals surface area contributed by atoms with Crippen LogP contribution in [0.5, 0.6) is 5.75 Å². The second-order valence-corrected chi connectivity index (χ2v) is 5.69. The largest absolute Gasteiger partial charge is 0.478 e. The van der Waals surface area contributed by atoms with Crippen molar-refractivity contribution < 1.29 is 14.3 Å². The van der Waals surface area contributed by atoms with E-state index in [-0.39, 0.29) is 18.2 Å². The lowest BCUT2D eigenvalue weighted by atomic mass is 10.0. The zero-order valence-corrected chi connectivity index (χ0v) is 13.1. The van der Waals surface area contributed by atoms with E-state index in [1.54, 1.807) is 0 Å². The summed E-state index contributed by atoms with van der Waals surface area (Å²) in [4.78, 5) is 23.3. The molecule has 1 aliphatic heterocycles. The Morgan fingerprint density at radius 2 is 1.83 bits per heavy atom. The molecule has 0 spiro atoms. The van der Waals surface area contributed by atoms with E-state index in [1.165, 1.54) is 0 Å². The SMILES string of the molecule is NNC(=O)Cc1ccc(CCC2Oc3ccccc3NC2=O)cc1. The van der Waals surface area contributed by atoms with Crippen molar-refractivity contribution in [2.24, 2.45) is 5.84 Å². The number of hydrogen-bond acceptors (Lipinski definition) is 4. The first-order chi connectivity index (χ1) is 11.7. The Morgan fingerprint density at radius 3 is 2.58 bits per heavy atom. The second kappa shape index (κ2) is 7.14. The molecule has 1 aliphatic rings. The van der Waals surface area contributed by atoms with Gasteiger partial charge < -0.3 is 10.1 Å². The van der Waals surface area contributed by atoms with Gasteiger partial charge in [0.2, 0.25) is 5.91 Å². The zero-order valence-electron chi connectivity index (χ0n) is 13.1. The molecule has 24 heavy (non-hydrogen) atoms. The molecule has 1 atom stereocenters. The van der Waals surface area contributed by atoms with Crippen LogP contribution in [0.15, 0.2) is 48.5 Å². The summed E-state index contributed by atoms with van der Waals surface area (Å²) in [7, 11) is 0. The minimum atomic E-state index is -0.498. The van der Waals surface area contributed by atoms with Crippen molar-refractivity contribution in [3.63, 3.8) is 0 Å². The fraction of sp³-hybridized carbons (Fsp3) is 0.222. The first-order valence-electron chi connectivity index (χ1n) is 7.79. The second-order valence-electron chi connectivity index (χ2n) is 5.69. The Balaban J connectivity index is 1.58. The fourth-order valence-corrected chi connectivity index (χ4v) is 2.64. The van der Waals surface area contributed by atoms with E-state index >= 15 is 0 Å². The maximum absolute atomic E-state index is 12.1. The smallest absolute Gasteiger partial charge is 0.265 e. The summed E-state index contributed by atoms with van der Waals surface area (Å²) < 4.78 is 5.78. The molecule has 6 nitrogen and oxygen atoms in total. The Labute approximate surface area is 140 Å². The van der Waals surface area contributed by atoms with E-state index in [4.69, 9.17) is 10.6 Å². The number of hydrogen-bond donors (Lipinski definition) is 3. The van der Waals surface area contributed by atoms with Crippen molar-refractivity contribution in [1.82, 2.24) is 5.43 Å². The van der Waals surface area contributed by atoms with Gasteiger partial charge in [-0.1, -0.05) is 36.4 Å². The number of aryl methyl sites for hydroxylation is 1. The lowest BCUT2D eigenvalue weighted by Crippen LogP contribution is -2.37. The molecule has 1 unspecified atom stereocenters. The van der Waals surface area contributed by atoms with Crippen LogP contribution in [0.4, 0.5) is 5.69 Å². The Kier molecular flexibility index (Phi) is 4.77. The van der Waals surface area contributed by atoms with Crippen molar-refractivity contribution >= 4 is 17.5 Å². The minimum absolute atomic E-state index is 0.120. The minimum Gasteiger partial charge on any atom is -0.478 e. The molecule has 0 bridgehead atoms. The molecule has 6 heteroatoms. The van der Waals surface area contributed by atoms with Crippen molar-refractivity contribution in [1.29, 1.82) is 0 Å². The lowest BCUT2D eigenvalue weighted by Gasteiger charge is -2.25. The normalized spacial score (nSPS) is 15.9. The number of rotatable bonds is 5. The number of ether oxygens (including phenoxy) is 1. The van der Waals surface area contributed by atoms with Gasteiger partial charge in [-0.15, -0.1) is 0 Å². The summed E-state index contributed by atoms with van der Waals surface area (Å²) >= 11 is 0. The average molecular weight is 325 g/mol. The summed E-state index contributed by atoms with van der Waals surface area (Å²) in [5.41, 5.74) is 4.80. The zero-order chi connectivity index (χ0) is 16.9. The van der Waals surface area contributed by atoms with E-state index < -0.39 is 6.10 Å². The van der Waals surface area contributed by atoms with E-state index in [0.717, 1.165) is 11.1 Å². The van der Waals surface area contributed by atoms with Crippen LogP contribution in [0, 0.1) is 0 Å². The van der Waals surface area contributed by atoms with Crippen molar-refractivity contribution in [2.75, 3.05) is 5.32 Å². The molecule has 2 aromatic rings. The van der Waals surface area contributed by atoms with Crippen LogP contribution in [-0.2, 0) is 22.4 Å². The molecule has 0 saturated heterocycles. The van der Waals surface area contributed by atoms with Gasteiger partial charge in [0, 0.05) is 0 Å². The Hall–Kier alpha value is -2.86. The number of amides is 2. The maximum atomic E-state index is 12.1. The molecule has 0 aliphatic carbocycles. The molecule has 0 radical (unpaired) electrons. The predicted octanol–water partition coefficient (Wildman–Crippen LogP) is 1.55. The molecule has 0 fully saturated rings. The molecular formula is C18H19N3O3. The molecule has 4 N–H and O–H groups in total. The number of carbonyl (C=O) groups excluding carboxylic acids is 2. The van der Waals surface area contributed by atoms with Crippen molar-refractivity contribution in [3.8, 4) is 5.75 Å². The predicted molar refractivity (Wildman–Crippen MR) is 90.3 cm³/mol. The van der Waals surface area contributed by atoms with Crippen LogP contribution in [-0.4, -0.2) is 17.9 Å². The van der Waals surface area contributed by atoms with Crippen LogP contribution in [0.1, 0.15) is 17.5 Å². The number of nitrogens with two attached hydrogens (primary N) is 1. The van der Waals surface area contributed by atoms with E-state index in [0.29, 0.717) is 24.3 Å². The Morgan fingerprint density at radius 1 is 1.12 bits per heavy atom. The number of anilines is 1. The third-order valence-electron chi connectivity index (χ3n) is 3.95. The summed E-state index contributed by atoms with van der Waals surface area (Å²) in [6, 6.07) is 15.1. The molecule has 0 aromatic heterocycles. The third kappa shape index (κ3) is 3.72. The summed E-state index contributed by atoms with van der Waals surface area (Å²) in [6.45, 7) is 0. The fourth-order valence-electron chi connectivity index (χ4n) is 2.64. The van der Waals surface area contributed by atoms with Crippen molar-refractivity contribution in [3.05, 3.63) is 59.7 Å². The number of benzene rings is 2. The van der Waals surface area contributed by atoms with Gasteiger partial charge in [0.25, 0.3) is 5.91 Å². The highest BCUT2D eigenvalue weighted by Gasteiger charge is 2.26. The number of nitrogens with one attached hydrogen (secondary N) is 2. The van der Waals surface area contributed by atoms with E-state index in [9.17, 15) is 9.59 Å². The van der Waals surface area contributed by atoms with Gasteiger partial charge >= 0.3 is 0 Å². The highest BCUT2D eigenvalue weighted by molar-refractivity contribution is 5.97. The van der Waals surface area contributed by atoms with Crippen LogP contribution >= 0.6 is 0 Å². The molecule has 2 amide bonds.